The number of aromatic nitrogens is 1. The molecule has 0 saturated carbocycles. The first-order valence-electron chi connectivity index (χ1n) is 6.31. The molecule has 1 aromatic heterocycles. The van der Waals surface area contributed by atoms with Gasteiger partial charge in [-0.2, -0.15) is 0 Å². The molecule has 108 valence electrons. The van der Waals surface area contributed by atoms with Crippen molar-refractivity contribution in [2.45, 2.75) is 6.54 Å². The summed E-state index contributed by atoms with van der Waals surface area (Å²) in [5.41, 5.74) is 2.34. The van der Waals surface area contributed by atoms with Gasteiger partial charge in [0.1, 0.15) is 0 Å². The summed E-state index contributed by atoms with van der Waals surface area (Å²) in [5.74, 6) is -0.362. The van der Waals surface area contributed by atoms with E-state index in [9.17, 15) is 4.79 Å². The minimum Gasteiger partial charge on any atom is -0.465 e. The van der Waals surface area contributed by atoms with E-state index in [-0.39, 0.29) is 5.97 Å². The van der Waals surface area contributed by atoms with Gasteiger partial charge >= 0.3 is 5.97 Å². The molecule has 1 aromatic carbocycles. The molecular weight excluding hydrogens is 286 g/mol. The number of rotatable bonds is 4. The molecule has 6 heteroatoms. The Balaban J connectivity index is 1.86. The normalized spacial score (nSPS) is 9.76. The molecule has 0 unspecified atom stereocenters. The van der Waals surface area contributed by atoms with Crippen molar-refractivity contribution in [3.05, 3.63) is 59.9 Å². The lowest BCUT2D eigenvalue weighted by molar-refractivity contribution is 0.0601. The number of thiocarbonyl (C=S) groups is 1. The highest BCUT2D eigenvalue weighted by atomic mass is 32.1. The van der Waals surface area contributed by atoms with Gasteiger partial charge < -0.3 is 15.4 Å². The van der Waals surface area contributed by atoms with Crippen LogP contribution in [-0.2, 0) is 11.3 Å². The molecule has 5 nitrogen and oxygen atoms in total. The Morgan fingerprint density at radius 1 is 1.29 bits per heavy atom. The van der Waals surface area contributed by atoms with Crippen molar-refractivity contribution in [1.29, 1.82) is 0 Å². The number of pyridine rings is 1. The Labute approximate surface area is 128 Å². The van der Waals surface area contributed by atoms with Gasteiger partial charge in [-0.1, -0.05) is 6.07 Å². The average Bonchev–Trinajstić information content (AvgIpc) is 2.54. The highest BCUT2D eigenvalue weighted by Gasteiger charge is 2.04. The number of ether oxygens (including phenoxy) is 1. The minimum absolute atomic E-state index is 0.362. The zero-order chi connectivity index (χ0) is 15.1. The Bertz CT molecular complexity index is 615. The molecule has 0 fully saturated rings. The van der Waals surface area contributed by atoms with Crippen molar-refractivity contribution in [2.24, 2.45) is 0 Å². The van der Waals surface area contributed by atoms with Crippen LogP contribution in [0.1, 0.15) is 15.9 Å². The topological polar surface area (TPSA) is 63.2 Å². The lowest BCUT2D eigenvalue weighted by Crippen LogP contribution is -2.27. The number of esters is 1. The van der Waals surface area contributed by atoms with Gasteiger partial charge in [-0.25, -0.2) is 4.79 Å². The molecule has 0 aliphatic carbocycles. The molecule has 0 amide bonds. The second-order valence-corrected chi connectivity index (χ2v) is 4.65. The first-order chi connectivity index (χ1) is 10.2. The van der Waals surface area contributed by atoms with E-state index < -0.39 is 0 Å². The number of nitrogens with one attached hydrogen (secondary N) is 2. The van der Waals surface area contributed by atoms with Crippen LogP contribution < -0.4 is 10.6 Å². The lowest BCUT2D eigenvalue weighted by Gasteiger charge is -2.10. The quantitative estimate of drug-likeness (QED) is 0.668. The fraction of sp³-hybridized carbons (Fsp3) is 0.133. The molecule has 1 heterocycles. The Hall–Kier alpha value is -2.47. The van der Waals surface area contributed by atoms with Crippen LogP contribution in [0, 0.1) is 0 Å². The van der Waals surface area contributed by atoms with Gasteiger partial charge in [0.25, 0.3) is 0 Å². The number of hydrogen-bond acceptors (Lipinski definition) is 4. The van der Waals surface area contributed by atoms with Crippen LogP contribution in [0.25, 0.3) is 0 Å². The van der Waals surface area contributed by atoms with E-state index in [0.717, 1.165) is 11.3 Å². The van der Waals surface area contributed by atoms with Crippen LogP contribution in [0.2, 0.25) is 0 Å². The monoisotopic (exact) mass is 301 g/mol. The summed E-state index contributed by atoms with van der Waals surface area (Å²) in [5, 5.41) is 6.63. The summed E-state index contributed by atoms with van der Waals surface area (Å²) in [6, 6.07) is 10.7. The van der Waals surface area contributed by atoms with E-state index in [2.05, 4.69) is 20.4 Å². The molecule has 0 atom stereocenters. The number of benzene rings is 1. The maximum atomic E-state index is 11.3. The highest BCUT2D eigenvalue weighted by molar-refractivity contribution is 7.80. The van der Waals surface area contributed by atoms with Gasteiger partial charge in [0.15, 0.2) is 5.11 Å². The summed E-state index contributed by atoms with van der Waals surface area (Å²) in [6.07, 6.45) is 3.50. The molecule has 0 saturated heterocycles. The summed E-state index contributed by atoms with van der Waals surface area (Å²) in [7, 11) is 1.35. The number of methoxy groups -OCH3 is 1. The number of nitrogens with zero attached hydrogens (tertiary/aromatic N) is 1. The third-order valence-electron chi connectivity index (χ3n) is 2.74. The van der Waals surface area contributed by atoms with Crippen LogP contribution in [0.4, 0.5) is 5.69 Å². The maximum Gasteiger partial charge on any atom is 0.337 e. The van der Waals surface area contributed by atoms with Gasteiger partial charge in [-0.15, -0.1) is 0 Å². The molecule has 0 aliphatic rings. The molecule has 0 spiro atoms. The Kier molecular flexibility index (Phi) is 5.22. The Morgan fingerprint density at radius 3 is 2.67 bits per heavy atom. The predicted molar refractivity (Wildman–Crippen MR) is 85.1 cm³/mol. The number of anilines is 1. The van der Waals surface area contributed by atoms with E-state index in [1.807, 2.05) is 12.1 Å². The maximum absolute atomic E-state index is 11.3. The SMILES string of the molecule is COC(=O)c1ccc(NC(=S)NCc2cccnc2)cc1. The van der Waals surface area contributed by atoms with Crippen molar-refractivity contribution < 1.29 is 9.53 Å². The van der Waals surface area contributed by atoms with Crippen LogP contribution in [0.15, 0.2) is 48.8 Å². The van der Waals surface area contributed by atoms with E-state index in [4.69, 9.17) is 12.2 Å². The van der Waals surface area contributed by atoms with Gasteiger partial charge in [0.05, 0.1) is 12.7 Å². The molecule has 21 heavy (non-hydrogen) atoms. The van der Waals surface area contributed by atoms with Gasteiger partial charge in [-0.05, 0) is 48.1 Å². The molecule has 2 aromatic rings. The smallest absolute Gasteiger partial charge is 0.337 e. The second kappa shape index (κ2) is 7.35. The zero-order valence-electron chi connectivity index (χ0n) is 11.5. The first-order valence-corrected chi connectivity index (χ1v) is 6.72. The molecule has 0 radical (unpaired) electrons. The largest absolute Gasteiger partial charge is 0.465 e. The number of carbonyl (C=O) groups excluding carboxylic acids is 1. The van der Waals surface area contributed by atoms with Crippen molar-refractivity contribution in [3.63, 3.8) is 0 Å². The van der Waals surface area contributed by atoms with E-state index in [0.29, 0.717) is 17.2 Å². The van der Waals surface area contributed by atoms with Crippen LogP contribution in [0.3, 0.4) is 0 Å². The number of hydrogen-bond donors (Lipinski definition) is 2. The zero-order valence-corrected chi connectivity index (χ0v) is 12.3. The first kappa shape index (κ1) is 14.9. The van der Waals surface area contributed by atoms with E-state index in [1.54, 1.807) is 36.7 Å². The molecule has 2 rings (SSSR count). The van der Waals surface area contributed by atoms with Crippen LogP contribution in [0.5, 0.6) is 0 Å². The average molecular weight is 301 g/mol. The Morgan fingerprint density at radius 2 is 2.05 bits per heavy atom. The highest BCUT2D eigenvalue weighted by Crippen LogP contribution is 2.10. The van der Waals surface area contributed by atoms with Crippen LogP contribution in [-0.4, -0.2) is 23.2 Å². The van der Waals surface area contributed by atoms with E-state index in [1.165, 1.54) is 7.11 Å². The summed E-state index contributed by atoms with van der Waals surface area (Å²) in [4.78, 5) is 15.4. The van der Waals surface area contributed by atoms with Gasteiger partial charge in [0.2, 0.25) is 0 Å². The van der Waals surface area contributed by atoms with E-state index >= 15 is 0 Å². The van der Waals surface area contributed by atoms with Crippen molar-refractivity contribution >= 4 is 29.0 Å². The van der Waals surface area contributed by atoms with Gasteiger partial charge in [-0.3, -0.25) is 4.98 Å². The molecule has 0 bridgehead atoms. The van der Waals surface area contributed by atoms with Gasteiger partial charge in [0, 0.05) is 24.6 Å². The fourth-order valence-corrected chi connectivity index (χ4v) is 1.86. The van der Waals surface area contributed by atoms with Crippen molar-refractivity contribution in [2.75, 3.05) is 12.4 Å². The third-order valence-corrected chi connectivity index (χ3v) is 2.99. The minimum atomic E-state index is -0.362. The summed E-state index contributed by atoms with van der Waals surface area (Å²) < 4.78 is 4.64. The van der Waals surface area contributed by atoms with Crippen molar-refractivity contribution in [3.8, 4) is 0 Å². The molecule has 2 N–H and O–H groups in total. The lowest BCUT2D eigenvalue weighted by atomic mass is 10.2. The molecule has 0 aliphatic heterocycles. The van der Waals surface area contributed by atoms with Crippen molar-refractivity contribution in [1.82, 2.24) is 10.3 Å². The number of carbonyl (C=O) groups is 1. The fourth-order valence-electron chi connectivity index (χ4n) is 1.67. The standard InChI is InChI=1S/C15H15N3O2S/c1-20-14(19)12-4-6-13(7-5-12)18-15(21)17-10-11-3-2-8-16-9-11/h2-9H,10H2,1H3,(H2,17,18,21). The second-order valence-electron chi connectivity index (χ2n) is 4.24. The predicted octanol–water partition coefficient (Wildman–Crippen LogP) is 2.35. The van der Waals surface area contributed by atoms with Crippen LogP contribution >= 0.6 is 12.2 Å². The summed E-state index contributed by atoms with van der Waals surface area (Å²) in [6.45, 7) is 0.597. The molecular formula is C15H15N3O2S. The summed E-state index contributed by atoms with van der Waals surface area (Å²) >= 11 is 5.21. The third kappa shape index (κ3) is 4.54.